The molecule has 2 nitrogen and oxygen atoms in total. The van der Waals surface area contributed by atoms with E-state index in [1.54, 1.807) is 0 Å². The number of nitrogens with one attached hydrogen (secondary N) is 2. The van der Waals surface area contributed by atoms with E-state index in [0.29, 0.717) is 16.1 Å². The second-order valence-electron chi connectivity index (χ2n) is 4.98. The number of benzene rings is 2. The highest BCUT2D eigenvalue weighted by atomic mass is 79.9. The Morgan fingerprint density at radius 3 is 2.19 bits per heavy atom. The van der Waals surface area contributed by atoms with Crippen LogP contribution in [0.1, 0.15) is 25.3 Å². The van der Waals surface area contributed by atoms with Crippen LogP contribution in [0, 0.1) is 0 Å². The summed E-state index contributed by atoms with van der Waals surface area (Å²) >= 11 is 14.7. The van der Waals surface area contributed by atoms with Crippen LogP contribution >= 0.6 is 39.7 Å². The second-order valence-corrected chi connectivity index (χ2v) is 6.65. The molecule has 0 aromatic heterocycles. The van der Waals surface area contributed by atoms with Gasteiger partial charge in [-0.1, -0.05) is 37.6 Å². The molecule has 0 aliphatic heterocycles. The molecular weight excluding hydrogens is 368 g/mol. The Balaban J connectivity index is 1.99. The van der Waals surface area contributed by atoms with Crippen LogP contribution in [-0.2, 0) is 0 Å². The van der Waals surface area contributed by atoms with Gasteiger partial charge in [-0.3, -0.25) is 0 Å². The molecule has 0 amide bonds. The highest BCUT2D eigenvalue weighted by Crippen LogP contribution is 2.25. The van der Waals surface area contributed by atoms with Gasteiger partial charge in [-0.15, -0.1) is 0 Å². The largest absolute Gasteiger partial charge is 0.332 e. The van der Waals surface area contributed by atoms with E-state index in [9.17, 15) is 0 Å². The number of rotatable bonds is 3. The van der Waals surface area contributed by atoms with Crippen LogP contribution in [-0.4, -0.2) is 5.11 Å². The molecule has 2 N–H and O–H groups in total. The van der Waals surface area contributed by atoms with Gasteiger partial charge in [0, 0.05) is 15.8 Å². The summed E-state index contributed by atoms with van der Waals surface area (Å²) in [6.07, 6.45) is 0. The highest BCUT2D eigenvalue weighted by Gasteiger charge is 2.03. The summed E-state index contributed by atoms with van der Waals surface area (Å²) in [4.78, 5) is 0. The Kier molecular flexibility index (Phi) is 5.62. The monoisotopic (exact) mass is 382 g/mol. The molecule has 0 bridgehead atoms. The molecule has 5 heteroatoms. The van der Waals surface area contributed by atoms with Crippen LogP contribution < -0.4 is 10.6 Å². The fourth-order valence-corrected chi connectivity index (χ4v) is 2.48. The van der Waals surface area contributed by atoms with Crippen LogP contribution in [0.15, 0.2) is 46.9 Å². The molecule has 0 aliphatic carbocycles. The minimum absolute atomic E-state index is 0.522. The second kappa shape index (κ2) is 7.25. The van der Waals surface area contributed by atoms with Crippen molar-refractivity contribution in [1.29, 1.82) is 0 Å². The molecule has 2 aromatic carbocycles. The van der Waals surface area contributed by atoms with E-state index in [4.69, 9.17) is 23.8 Å². The number of thiocarbonyl (C=S) groups is 1. The van der Waals surface area contributed by atoms with Crippen molar-refractivity contribution in [2.75, 3.05) is 10.6 Å². The maximum absolute atomic E-state index is 6.05. The van der Waals surface area contributed by atoms with Gasteiger partial charge in [0.1, 0.15) is 0 Å². The summed E-state index contributed by atoms with van der Waals surface area (Å²) in [5.74, 6) is 0.522. The molecule has 2 aromatic rings. The first kappa shape index (κ1) is 16.3. The van der Waals surface area contributed by atoms with Crippen molar-refractivity contribution < 1.29 is 0 Å². The van der Waals surface area contributed by atoms with Gasteiger partial charge in [0.25, 0.3) is 0 Å². The minimum atomic E-state index is 0.522. The third kappa shape index (κ3) is 4.70. The van der Waals surface area contributed by atoms with Crippen LogP contribution in [0.4, 0.5) is 11.4 Å². The van der Waals surface area contributed by atoms with Gasteiger partial charge in [-0.2, -0.15) is 0 Å². The van der Waals surface area contributed by atoms with Crippen LogP contribution in [0.5, 0.6) is 0 Å². The lowest BCUT2D eigenvalue weighted by molar-refractivity contribution is 0.867. The molecule has 110 valence electrons. The third-order valence-corrected chi connectivity index (χ3v) is 4.45. The Morgan fingerprint density at radius 1 is 1.05 bits per heavy atom. The van der Waals surface area contributed by atoms with Crippen LogP contribution in [0.2, 0.25) is 5.02 Å². The number of anilines is 2. The Hall–Kier alpha value is -1.10. The number of hydrogen-bond donors (Lipinski definition) is 2. The molecule has 0 unspecified atom stereocenters. The minimum Gasteiger partial charge on any atom is -0.332 e. The average Bonchev–Trinajstić information content (AvgIpc) is 2.43. The maximum Gasteiger partial charge on any atom is 0.175 e. The summed E-state index contributed by atoms with van der Waals surface area (Å²) in [7, 11) is 0. The first-order valence-electron chi connectivity index (χ1n) is 6.58. The average molecular weight is 384 g/mol. The molecule has 0 radical (unpaired) electrons. The summed E-state index contributed by atoms with van der Waals surface area (Å²) in [5, 5.41) is 7.44. The zero-order chi connectivity index (χ0) is 15.4. The van der Waals surface area contributed by atoms with E-state index >= 15 is 0 Å². The topological polar surface area (TPSA) is 24.1 Å². The van der Waals surface area contributed by atoms with Crippen molar-refractivity contribution in [2.45, 2.75) is 19.8 Å². The summed E-state index contributed by atoms with van der Waals surface area (Å²) in [6.45, 7) is 4.35. The normalized spacial score (nSPS) is 10.5. The number of hydrogen-bond acceptors (Lipinski definition) is 1. The Bertz CT molecular complexity index is 641. The van der Waals surface area contributed by atoms with Crippen molar-refractivity contribution in [2.24, 2.45) is 0 Å². The predicted octanol–water partition coefficient (Wildman–Crippen LogP) is 6.03. The van der Waals surface area contributed by atoms with Crippen molar-refractivity contribution >= 4 is 56.2 Å². The van der Waals surface area contributed by atoms with Crippen molar-refractivity contribution in [1.82, 2.24) is 0 Å². The van der Waals surface area contributed by atoms with Gasteiger partial charge >= 0.3 is 0 Å². The highest BCUT2D eigenvalue weighted by molar-refractivity contribution is 9.10. The quantitative estimate of drug-likeness (QED) is 0.632. The van der Waals surface area contributed by atoms with Gasteiger partial charge in [0.2, 0.25) is 0 Å². The third-order valence-electron chi connectivity index (χ3n) is 3.01. The summed E-state index contributed by atoms with van der Waals surface area (Å²) in [6, 6.07) is 13.9. The fraction of sp³-hybridized carbons (Fsp3) is 0.188. The van der Waals surface area contributed by atoms with Gasteiger partial charge in [-0.05, 0) is 70.0 Å². The molecule has 0 aliphatic rings. The molecule has 0 atom stereocenters. The van der Waals surface area contributed by atoms with E-state index in [1.165, 1.54) is 5.56 Å². The SMILES string of the molecule is CC(C)c1ccc(NC(=S)Nc2ccc(Br)c(Cl)c2)cc1. The lowest BCUT2D eigenvalue weighted by Gasteiger charge is -2.12. The molecule has 0 fully saturated rings. The molecule has 0 spiro atoms. The Labute approximate surface area is 144 Å². The predicted molar refractivity (Wildman–Crippen MR) is 99.5 cm³/mol. The van der Waals surface area contributed by atoms with Gasteiger partial charge < -0.3 is 10.6 Å². The molecule has 0 saturated heterocycles. The molecular formula is C16H16BrClN2S. The lowest BCUT2D eigenvalue weighted by Crippen LogP contribution is -2.19. The van der Waals surface area contributed by atoms with Gasteiger partial charge in [-0.25, -0.2) is 0 Å². The van der Waals surface area contributed by atoms with Crippen molar-refractivity contribution in [3.05, 3.63) is 57.5 Å². The molecule has 2 rings (SSSR count). The van der Waals surface area contributed by atoms with Gasteiger partial charge in [0.15, 0.2) is 5.11 Å². The standard InChI is InChI=1S/C16H16BrClN2S/c1-10(2)11-3-5-12(6-4-11)19-16(21)20-13-7-8-14(17)15(18)9-13/h3-10H,1-2H3,(H2,19,20,21). The van der Waals surface area contributed by atoms with Crippen molar-refractivity contribution in [3.8, 4) is 0 Å². The van der Waals surface area contributed by atoms with E-state index < -0.39 is 0 Å². The van der Waals surface area contributed by atoms with Crippen LogP contribution in [0.3, 0.4) is 0 Å². The first-order valence-corrected chi connectivity index (χ1v) is 8.16. The fourth-order valence-electron chi connectivity index (χ4n) is 1.82. The molecule has 21 heavy (non-hydrogen) atoms. The number of halogens is 2. The maximum atomic E-state index is 6.05. The zero-order valence-electron chi connectivity index (χ0n) is 11.8. The first-order chi connectivity index (χ1) is 9.95. The molecule has 0 saturated carbocycles. The van der Waals surface area contributed by atoms with E-state index in [1.807, 2.05) is 30.3 Å². The zero-order valence-corrected chi connectivity index (χ0v) is 14.9. The van der Waals surface area contributed by atoms with E-state index in [2.05, 4.69) is 52.5 Å². The molecule has 0 heterocycles. The Morgan fingerprint density at radius 2 is 1.62 bits per heavy atom. The summed E-state index contributed by atoms with van der Waals surface area (Å²) in [5.41, 5.74) is 3.11. The van der Waals surface area contributed by atoms with Gasteiger partial charge in [0.05, 0.1) is 5.02 Å². The lowest BCUT2D eigenvalue weighted by atomic mass is 10.0. The van der Waals surface area contributed by atoms with Crippen LogP contribution in [0.25, 0.3) is 0 Å². The van der Waals surface area contributed by atoms with Crippen molar-refractivity contribution in [3.63, 3.8) is 0 Å². The smallest absolute Gasteiger partial charge is 0.175 e. The van der Waals surface area contributed by atoms with E-state index in [0.717, 1.165) is 15.8 Å². The van der Waals surface area contributed by atoms with E-state index in [-0.39, 0.29) is 0 Å². The summed E-state index contributed by atoms with van der Waals surface area (Å²) < 4.78 is 0.859.